The van der Waals surface area contributed by atoms with Gasteiger partial charge in [-0.3, -0.25) is 9.59 Å². The zero-order valence-corrected chi connectivity index (χ0v) is 20.0. The SMILES string of the molecule is CC[C@@H](COCCC(=O)N1CCN(c2ncc(C(F)(F)F)cn2)CC1)OC1=CN=NC(=O)C1Br. The molecule has 1 unspecified atom stereocenters. The topological polar surface area (TPSA) is 110 Å². The molecule has 1 aromatic heterocycles. The van der Waals surface area contributed by atoms with Gasteiger partial charge in [0.15, 0.2) is 4.83 Å². The van der Waals surface area contributed by atoms with Gasteiger partial charge in [-0.2, -0.15) is 18.3 Å². The first-order valence-electron chi connectivity index (χ1n) is 10.6. The van der Waals surface area contributed by atoms with Crippen molar-refractivity contribution in [2.75, 3.05) is 44.3 Å². The summed E-state index contributed by atoms with van der Waals surface area (Å²) < 4.78 is 49.3. The van der Waals surface area contributed by atoms with Gasteiger partial charge in [-0.15, -0.1) is 5.11 Å². The maximum absolute atomic E-state index is 12.7. The third kappa shape index (κ3) is 6.95. The predicted molar refractivity (Wildman–Crippen MR) is 117 cm³/mol. The van der Waals surface area contributed by atoms with Gasteiger partial charge in [-0.1, -0.05) is 22.9 Å². The molecule has 0 bridgehead atoms. The maximum atomic E-state index is 12.7. The highest BCUT2D eigenvalue weighted by Gasteiger charge is 2.32. The fourth-order valence-corrected chi connectivity index (χ4v) is 3.54. The number of aromatic nitrogens is 2. The number of amides is 2. The molecule has 2 aliphatic rings. The first kappa shape index (κ1) is 26.0. The zero-order chi connectivity index (χ0) is 24.7. The van der Waals surface area contributed by atoms with Crippen LogP contribution in [-0.2, 0) is 25.2 Å². The summed E-state index contributed by atoms with van der Waals surface area (Å²) >= 11 is 3.21. The second kappa shape index (κ2) is 11.7. The summed E-state index contributed by atoms with van der Waals surface area (Å²) in [6.07, 6.45) is -1.08. The average molecular weight is 549 g/mol. The number of nitrogens with zero attached hydrogens (tertiary/aromatic N) is 6. The van der Waals surface area contributed by atoms with Crippen molar-refractivity contribution in [3.8, 4) is 0 Å². The lowest BCUT2D eigenvalue weighted by molar-refractivity contribution is -0.138. The van der Waals surface area contributed by atoms with E-state index in [1.165, 1.54) is 6.20 Å². The van der Waals surface area contributed by atoms with Crippen LogP contribution in [0.2, 0.25) is 0 Å². The number of carbonyl (C=O) groups is 2. The van der Waals surface area contributed by atoms with Crippen LogP contribution in [0.5, 0.6) is 0 Å². The second-order valence-corrected chi connectivity index (χ2v) is 8.47. The van der Waals surface area contributed by atoms with E-state index in [0.717, 1.165) is 12.4 Å². The Bertz CT molecular complexity index is 920. The van der Waals surface area contributed by atoms with Crippen molar-refractivity contribution in [2.24, 2.45) is 10.2 Å². The summed E-state index contributed by atoms with van der Waals surface area (Å²) in [7, 11) is 0. The number of alkyl halides is 4. The normalized spacial score (nSPS) is 19.7. The van der Waals surface area contributed by atoms with Gasteiger partial charge >= 0.3 is 6.18 Å². The molecule has 1 fully saturated rings. The molecule has 10 nitrogen and oxygen atoms in total. The molecule has 186 valence electrons. The van der Waals surface area contributed by atoms with Gasteiger partial charge in [0.05, 0.1) is 31.4 Å². The van der Waals surface area contributed by atoms with Gasteiger partial charge < -0.3 is 19.3 Å². The molecule has 2 atom stereocenters. The van der Waals surface area contributed by atoms with Crippen LogP contribution in [-0.4, -0.2) is 77.0 Å². The zero-order valence-electron chi connectivity index (χ0n) is 18.4. The highest BCUT2D eigenvalue weighted by Crippen LogP contribution is 2.28. The van der Waals surface area contributed by atoms with Crippen molar-refractivity contribution in [3.63, 3.8) is 0 Å². The molecule has 3 heterocycles. The summed E-state index contributed by atoms with van der Waals surface area (Å²) in [4.78, 5) is 34.4. The molecule has 0 aliphatic carbocycles. The van der Waals surface area contributed by atoms with Crippen molar-refractivity contribution in [1.82, 2.24) is 14.9 Å². The van der Waals surface area contributed by atoms with Crippen molar-refractivity contribution in [2.45, 2.75) is 36.9 Å². The molecule has 2 aliphatic heterocycles. The van der Waals surface area contributed by atoms with Crippen molar-refractivity contribution in [1.29, 1.82) is 0 Å². The molecular weight excluding hydrogens is 525 g/mol. The molecule has 1 saturated heterocycles. The highest BCUT2D eigenvalue weighted by atomic mass is 79.9. The molecule has 14 heteroatoms. The lowest BCUT2D eigenvalue weighted by Crippen LogP contribution is -2.49. The van der Waals surface area contributed by atoms with Crippen molar-refractivity contribution in [3.05, 3.63) is 29.9 Å². The molecule has 3 rings (SSSR count). The number of piperazine rings is 1. The molecule has 0 aromatic carbocycles. The van der Waals surface area contributed by atoms with E-state index >= 15 is 0 Å². The number of rotatable bonds is 9. The Labute approximate surface area is 202 Å². The number of hydrogen-bond acceptors (Lipinski definition) is 8. The van der Waals surface area contributed by atoms with Gasteiger partial charge in [0.25, 0.3) is 5.91 Å². The van der Waals surface area contributed by atoms with Crippen LogP contribution in [0, 0.1) is 0 Å². The third-order valence-corrected chi connectivity index (χ3v) is 6.05. The van der Waals surface area contributed by atoms with Crippen LogP contribution in [0.15, 0.2) is 34.6 Å². The fourth-order valence-electron chi connectivity index (χ4n) is 3.22. The minimum Gasteiger partial charge on any atom is -0.489 e. The van der Waals surface area contributed by atoms with E-state index in [1.807, 2.05) is 6.92 Å². The Morgan fingerprint density at radius 1 is 1.24 bits per heavy atom. The predicted octanol–water partition coefficient (Wildman–Crippen LogP) is 2.94. The van der Waals surface area contributed by atoms with Crippen molar-refractivity contribution >= 4 is 33.7 Å². The molecule has 1 aromatic rings. The summed E-state index contributed by atoms with van der Waals surface area (Å²) in [6.45, 7) is 4.02. The number of hydrogen-bond donors (Lipinski definition) is 0. The maximum Gasteiger partial charge on any atom is 0.419 e. The molecule has 0 radical (unpaired) electrons. The standard InChI is InChI=1S/C20H24BrF3N6O4/c1-2-14(34-15-11-27-28-18(32)17(15)21)12-33-8-3-16(31)29-4-6-30(7-5-29)19-25-9-13(10-26-19)20(22,23)24/h9-11,14,17H,2-8,12H2,1H3/t14-,17?/m0/s1. The van der Waals surface area contributed by atoms with Gasteiger partial charge in [-0.05, 0) is 6.42 Å². The molecule has 34 heavy (non-hydrogen) atoms. The average Bonchev–Trinajstić information content (AvgIpc) is 2.83. The second-order valence-electron chi connectivity index (χ2n) is 7.56. The summed E-state index contributed by atoms with van der Waals surface area (Å²) in [6, 6.07) is 0. The van der Waals surface area contributed by atoms with Crippen LogP contribution >= 0.6 is 15.9 Å². The Kier molecular flexibility index (Phi) is 8.94. The minimum absolute atomic E-state index is 0.0801. The smallest absolute Gasteiger partial charge is 0.419 e. The number of anilines is 1. The Morgan fingerprint density at radius 2 is 1.91 bits per heavy atom. The number of ether oxygens (including phenoxy) is 2. The monoisotopic (exact) mass is 548 g/mol. The van der Waals surface area contributed by atoms with E-state index in [1.54, 1.807) is 9.80 Å². The molecular formula is C20H24BrF3N6O4. The van der Waals surface area contributed by atoms with Crippen LogP contribution in [0.3, 0.4) is 0 Å². The summed E-state index contributed by atoms with van der Waals surface area (Å²) in [5, 5.41) is 7.02. The lowest BCUT2D eigenvalue weighted by atomic mass is 10.2. The Hall–Kier alpha value is -2.61. The van der Waals surface area contributed by atoms with Crippen LogP contribution in [0.4, 0.5) is 19.1 Å². The van der Waals surface area contributed by atoms with E-state index in [4.69, 9.17) is 9.47 Å². The van der Waals surface area contributed by atoms with Crippen LogP contribution < -0.4 is 4.90 Å². The minimum atomic E-state index is -4.48. The highest BCUT2D eigenvalue weighted by molar-refractivity contribution is 9.10. The Morgan fingerprint density at radius 3 is 2.53 bits per heavy atom. The van der Waals surface area contributed by atoms with Gasteiger partial charge in [0.2, 0.25) is 11.9 Å². The first-order chi connectivity index (χ1) is 16.2. The van der Waals surface area contributed by atoms with Crippen LogP contribution in [0.1, 0.15) is 25.3 Å². The summed E-state index contributed by atoms with van der Waals surface area (Å²) in [5.74, 6) is 0.0461. The quantitative estimate of drug-likeness (QED) is 0.344. The Balaban J connectivity index is 1.37. The largest absolute Gasteiger partial charge is 0.489 e. The van der Waals surface area contributed by atoms with Gasteiger partial charge in [0, 0.05) is 38.6 Å². The lowest BCUT2D eigenvalue weighted by Gasteiger charge is -2.34. The van der Waals surface area contributed by atoms with E-state index in [-0.39, 0.29) is 37.6 Å². The molecule has 2 amide bonds. The number of carbonyl (C=O) groups excluding carboxylic acids is 2. The van der Waals surface area contributed by atoms with Crippen LogP contribution in [0.25, 0.3) is 0 Å². The van der Waals surface area contributed by atoms with E-state index in [2.05, 4.69) is 36.1 Å². The van der Waals surface area contributed by atoms with E-state index in [0.29, 0.717) is 38.4 Å². The van der Waals surface area contributed by atoms with Gasteiger partial charge in [-0.25, -0.2) is 9.97 Å². The first-order valence-corrected chi connectivity index (χ1v) is 11.6. The van der Waals surface area contributed by atoms with Gasteiger partial charge in [0.1, 0.15) is 11.9 Å². The molecule has 0 saturated carbocycles. The summed E-state index contributed by atoms with van der Waals surface area (Å²) in [5.41, 5.74) is -0.901. The number of azo groups is 1. The van der Waals surface area contributed by atoms with E-state index in [9.17, 15) is 22.8 Å². The number of halogens is 4. The van der Waals surface area contributed by atoms with Crippen molar-refractivity contribution < 1.29 is 32.2 Å². The van der Waals surface area contributed by atoms with E-state index < -0.39 is 22.5 Å². The third-order valence-electron chi connectivity index (χ3n) is 5.21. The fraction of sp³-hybridized carbons (Fsp3) is 0.600. The molecule has 0 N–H and O–H groups in total. The molecule has 0 spiro atoms.